The van der Waals surface area contributed by atoms with Crippen molar-refractivity contribution in [3.05, 3.63) is 94.4 Å². The molecule has 0 spiro atoms. The first-order valence-corrected chi connectivity index (χ1v) is 14.9. The van der Waals surface area contributed by atoms with Crippen LogP contribution in [0.25, 0.3) is 11.3 Å². The van der Waals surface area contributed by atoms with Crippen LogP contribution in [0.2, 0.25) is 5.02 Å². The molecule has 0 radical (unpaired) electrons. The first-order chi connectivity index (χ1) is 17.5. The predicted molar refractivity (Wildman–Crippen MR) is 137 cm³/mol. The van der Waals surface area contributed by atoms with Gasteiger partial charge in [-0.15, -0.1) is 0 Å². The number of nitrogens with zero attached hydrogens (tertiary/aromatic N) is 3. The van der Waals surface area contributed by atoms with E-state index in [1.165, 1.54) is 9.99 Å². The average Bonchev–Trinajstić information content (AvgIpc) is 3.73. The Balaban J connectivity index is 1.58. The van der Waals surface area contributed by atoms with Gasteiger partial charge in [0, 0.05) is 0 Å². The third-order valence-corrected chi connectivity index (χ3v) is 9.27. The Morgan fingerprint density at radius 3 is 2.58 bits per heavy atom. The monoisotopic (exact) mass is 614 g/mol. The fourth-order valence-electron chi connectivity index (χ4n) is 4.49. The fourth-order valence-corrected chi connectivity index (χ4v) is 6.30. The Bertz CT molecular complexity index is 1310. The van der Waals surface area contributed by atoms with Crippen LogP contribution in [0.15, 0.2) is 67.1 Å². The summed E-state index contributed by atoms with van der Waals surface area (Å²) in [7, 11) is 1.89. The number of alkyl halides is 2. The molecular formula is C28H26ClIN3O3-. The Morgan fingerprint density at radius 1 is 1.19 bits per heavy atom. The van der Waals surface area contributed by atoms with E-state index in [1.54, 1.807) is 11.1 Å². The zero-order chi connectivity index (χ0) is 25.2. The summed E-state index contributed by atoms with van der Waals surface area (Å²) in [6, 6.07) is 16.4. The predicted octanol–water partition coefficient (Wildman–Crippen LogP) is 2.06. The minimum absolute atomic E-state index is 0.119. The number of pyridine rings is 1. The molecule has 8 heteroatoms. The number of ether oxygens (including phenoxy) is 1. The molecule has 6 nitrogen and oxygen atoms in total. The van der Waals surface area contributed by atoms with Gasteiger partial charge in [-0.2, -0.15) is 0 Å². The maximum absolute atomic E-state index is 13.9. The molecule has 3 heterocycles. The number of benzene rings is 2. The number of amides is 1. The van der Waals surface area contributed by atoms with Crippen molar-refractivity contribution in [2.75, 3.05) is 29.5 Å². The van der Waals surface area contributed by atoms with Crippen LogP contribution in [0, 0.1) is 0 Å². The minimum atomic E-state index is -0.119. The van der Waals surface area contributed by atoms with Crippen LogP contribution in [0.4, 0.5) is 5.69 Å². The quantitative estimate of drug-likeness (QED) is 0.160. The molecule has 186 valence electrons. The zero-order valence-corrected chi connectivity index (χ0v) is 22.8. The van der Waals surface area contributed by atoms with Gasteiger partial charge in [-0.3, -0.25) is 4.79 Å². The Morgan fingerprint density at radius 2 is 1.92 bits per heavy atom. The molecular weight excluding hydrogens is 589 g/mol. The normalized spacial score (nSPS) is 16.9. The molecule has 0 N–H and O–H groups in total. The number of carbonyl (C=O) groups is 2. The Kier molecular flexibility index (Phi) is 7.29. The number of anilines is 1. The van der Waals surface area contributed by atoms with E-state index in [2.05, 4.69) is 30.8 Å². The first kappa shape index (κ1) is 24.8. The summed E-state index contributed by atoms with van der Waals surface area (Å²) in [6.07, 6.45) is 2.84. The molecule has 1 fully saturated rings. The molecule has 1 saturated heterocycles. The number of rotatable bonds is 9. The van der Waals surface area contributed by atoms with E-state index in [-0.39, 0.29) is 12.5 Å². The third kappa shape index (κ3) is 4.99. The summed E-state index contributed by atoms with van der Waals surface area (Å²) in [5, 5.41) is 0.646. The summed E-state index contributed by atoms with van der Waals surface area (Å²) < 4.78 is 7.00. The van der Waals surface area contributed by atoms with Gasteiger partial charge in [-0.05, 0) is 0 Å². The van der Waals surface area contributed by atoms with Crippen LogP contribution >= 0.6 is 11.6 Å². The van der Waals surface area contributed by atoms with Crippen molar-refractivity contribution in [3.63, 3.8) is 0 Å². The molecule has 2 aliphatic heterocycles. The molecule has 1 unspecified atom stereocenters. The summed E-state index contributed by atoms with van der Waals surface area (Å²) >= 11 is 6.50. The molecule has 1 amide bonds. The van der Waals surface area contributed by atoms with Gasteiger partial charge in [0.2, 0.25) is 0 Å². The molecule has 1 atom stereocenters. The van der Waals surface area contributed by atoms with Gasteiger partial charge in [0.05, 0.1) is 6.61 Å². The third-order valence-electron chi connectivity index (χ3n) is 6.54. The molecule has 2 aliphatic rings. The van der Waals surface area contributed by atoms with Gasteiger partial charge < -0.3 is 4.74 Å². The zero-order valence-electron chi connectivity index (χ0n) is 19.9. The van der Waals surface area contributed by atoms with Crippen LogP contribution in [-0.4, -0.2) is 46.9 Å². The Hall–Kier alpha value is -2.91. The van der Waals surface area contributed by atoms with Crippen LogP contribution in [0.5, 0.6) is 0 Å². The van der Waals surface area contributed by atoms with Crippen molar-refractivity contribution in [1.82, 2.24) is 9.88 Å². The van der Waals surface area contributed by atoms with Crippen molar-refractivity contribution in [2.24, 2.45) is 0 Å². The second kappa shape index (κ2) is 10.6. The molecule has 5 rings (SSSR count). The number of carbonyl (C=O) groups excluding carboxylic acids is 2. The number of halogens is 2. The molecule has 0 bridgehead atoms. The molecule has 36 heavy (non-hydrogen) atoms. The van der Waals surface area contributed by atoms with E-state index in [9.17, 15) is 9.59 Å². The van der Waals surface area contributed by atoms with Crippen LogP contribution in [0.1, 0.15) is 37.4 Å². The van der Waals surface area contributed by atoms with Crippen LogP contribution in [-0.2, 0) is 16.0 Å². The number of hydrogen-bond acceptors (Lipinski definition) is 5. The van der Waals surface area contributed by atoms with Gasteiger partial charge in [0.1, 0.15) is 0 Å². The second-order valence-electron chi connectivity index (χ2n) is 8.80. The number of hydrogen-bond donors (Lipinski definition) is 0. The molecule has 0 aliphatic carbocycles. The first-order valence-electron chi connectivity index (χ1n) is 11.7. The SMILES string of the molecule is C=C1N(CCCOC=O)C(=O)c2c(cnc(-c3ccc(Cl)cc3)c2Cc2ccc(C3C[I-]3)cc2)N1C. The number of fused-ring (bicyclic) bond motifs is 1. The van der Waals surface area contributed by atoms with Crippen molar-refractivity contribution in [3.8, 4) is 11.3 Å². The number of aromatic nitrogens is 1. The van der Waals surface area contributed by atoms with E-state index >= 15 is 0 Å². The van der Waals surface area contributed by atoms with Crippen molar-refractivity contribution in [2.45, 2.75) is 16.8 Å². The van der Waals surface area contributed by atoms with Crippen molar-refractivity contribution in [1.29, 1.82) is 0 Å². The standard InChI is InChI=1S/C28H26ClIN3O3/c1-18-32(2)25-16-31-27(21-8-10-22(29)11-9-21)23(14-19-4-6-20(7-5-19)24-15-30-24)26(25)28(35)33(18)12-3-13-36-17-34/h4-11,16-17,24H,1,3,12-15H2,2H3/q-1. The van der Waals surface area contributed by atoms with Gasteiger partial charge in [-0.1, -0.05) is 11.6 Å². The maximum atomic E-state index is 13.9. The average molecular weight is 615 g/mol. The fraction of sp³-hybridized carbons (Fsp3) is 0.250. The van der Waals surface area contributed by atoms with Gasteiger partial charge in [0.15, 0.2) is 0 Å². The van der Waals surface area contributed by atoms with E-state index in [1.807, 2.05) is 36.2 Å². The van der Waals surface area contributed by atoms with Crippen LogP contribution in [0.3, 0.4) is 0 Å². The van der Waals surface area contributed by atoms with Gasteiger partial charge in [0.25, 0.3) is 6.47 Å². The summed E-state index contributed by atoms with van der Waals surface area (Å²) in [4.78, 5) is 32.8. The summed E-state index contributed by atoms with van der Waals surface area (Å²) in [6.45, 7) is 5.20. The molecule has 3 aromatic rings. The van der Waals surface area contributed by atoms with Gasteiger partial charge >= 0.3 is 193 Å². The Labute approximate surface area is 226 Å². The van der Waals surface area contributed by atoms with E-state index < -0.39 is 0 Å². The van der Waals surface area contributed by atoms with E-state index in [0.29, 0.717) is 63.5 Å². The van der Waals surface area contributed by atoms with Crippen molar-refractivity contribution < 1.29 is 35.5 Å². The molecule has 2 aromatic carbocycles. The van der Waals surface area contributed by atoms with Crippen molar-refractivity contribution >= 4 is 29.7 Å². The molecule has 1 aromatic heterocycles. The topological polar surface area (TPSA) is 62.7 Å². The second-order valence-corrected chi connectivity index (χ2v) is 12.5. The summed E-state index contributed by atoms with van der Waals surface area (Å²) in [5.41, 5.74) is 6.46. The molecule has 0 saturated carbocycles. The van der Waals surface area contributed by atoms with Crippen LogP contribution < -0.4 is 26.1 Å². The van der Waals surface area contributed by atoms with Gasteiger partial charge in [-0.25, -0.2) is 0 Å². The summed E-state index contributed by atoms with van der Waals surface area (Å²) in [5.74, 6) is 0.453. The van der Waals surface area contributed by atoms with E-state index in [4.69, 9.17) is 21.3 Å². The van der Waals surface area contributed by atoms with E-state index in [0.717, 1.165) is 32.0 Å².